The summed E-state index contributed by atoms with van der Waals surface area (Å²) in [5, 5.41) is 13.4. The van der Waals surface area contributed by atoms with E-state index < -0.39 is 0 Å². The third-order valence-corrected chi connectivity index (χ3v) is 3.00. The second-order valence-electron chi connectivity index (χ2n) is 3.16. The quantitative estimate of drug-likeness (QED) is 0.342. The van der Waals surface area contributed by atoms with E-state index in [-0.39, 0.29) is 0 Å². The third kappa shape index (κ3) is 2.24. The van der Waals surface area contributed by atoms with Crippen LogP contribution in [0.15, 0.2) is 36.2 Å². The highest BCUT2D eigenvalue weighted by Crippen LogP contribution is 2.11. The zero-order valence-corrected chi connectivity index (χ0v) is 9.15. The summed E-state index contributed by atoms with van der Waals surface area (Å²) in [7, 11) is 1.52. The highest BCUT2D eigenvalue weighted by molar-refractivity contribution is 7.12. The van der Waals surface area contributed by atoms with Crippen molar-refractivity contribution in [1.29, 1.82) is 0 Å². The molecule has 0 N–H and O–H groups in total. The van der Waals surface area contributed by atoms with Crippen LogP contribution in [0.3, 0.4) is 0 Å². The molecule has 2 heterocycles. The van der Waals surface area contributed by atoms with Gasteiger partial charge in [-0.15, -0.1) is 11.3 Å². The van der Waals surface area contributed by atoms with E-state index in [1.54, 1.807) is 23.9 Å². The first-order valence-electron chi connectivity index (χ1n) is 4.53. The smallest absolute Gasteiger partial charge is 0.224 e. The fraction of sp³-hybridized carbons (Fsp3) is 0.200. The molecule has 0 aliphatic heterocycles. The molecule has 2 aromatic rings. The van der Waals surface area contributed by atoms with Gasteiger partial charge in [0.05, 0.1) is 11.2 Å². The third-order valence-electron chi connectivity index (χ3n) is 2.08. The van der Waals surface area contributed by atoms with Crippen LogP contribution >= 0.6 is 11.3 Å². The van der Waals surface area contributed by atoms with Crippen LogP contribution in [0.4, 0.5) is 0 Å². The topological polar surface area (TPSA) is 43.9 Å². The van der Waals surface area contributed by atoms with Crippen molar-refractivity contribution in [2.45, 2.75) is 6.54 Å². The highest BCUT2D eigenvalue weighted by Gasteiger charge is 2.12. The molecule has 0 aliphatic rings. The van der Waals surface area contributed by atoms with Crippen LogP contribution in [0.25, 0.3) is 0 Å². The minimum atomic E-state index is 0.556. The lowest BCUT2D eigenvalue weighted by Gasteiger charge is -2.06. The number of rotatable bonds is 3. The number of aromatic nitrogens is 2. The van der Waals surface area contributed by atoms with Crippen LogP contribution in [0.2, 0.25) is 0 Å². The van der Waals surface area contributed by atoms with Crippen LogP contribution in [-0.4, -0.2) is 27.0 Å². The summed E-state index contributed by atoms with van der Waals surface area (Å²) in [6.07, 6.45) is 5.26. The monoisotopic (exact) mass is 221 g/mol. The van der Waals surface area contributed by atoms with E-state index >= 15 is 0 Å². The Labute approximate surface area is 91.7 Å². The summed E-state index contributed by atoms with van der Waals surface area (Å²) in [5.74, 6) is 0. The summed E-state index contributed by atoms with van der Waals surface area (Å²) in [6, 6.07) is 3.89. The molecule has 0 bridgehead atoms. The van der Waals surface area contributed by atoms with E-state index in [4.69, 9.17) is 0 Å². The molecule has 15 heavy (non-hydrogen) atoms. The van der Waals surface area contributed by atoms with E-state index in [0.717, 1.165) is 15.3 Å². The van der Waals surface area contributed by atoms with Crippen molar-refractivity contribution in [3.8, 4) is 0 Å². The second-order valence-corrected chi connectivity index (χ2v) is 4.10. The predicted octanol–water partition coefficient (Wildman–Crippen LogP) is 1.57. The molecule has 0 spiro atoms. The molecule has 5 heteroatoms. The van der Waals surface area contributed by atoms with Crippen LogP contribution in [0.1, 0.15) is 4.88 Å². The van der Waals surface area contributed by atoms with Gasteiger partial charge < -0.3 is 9.77 Å². The molecule has 0 aromatic carbocycles. The van der Waals surface area contributed by atoms with Gasteiger partial charge in [0, 0.05) is 12.4 Å². The Morgan fingerprint density at radius 3 is 3.07 bits per heavy atom. The highest BCUT2D eigenvalue weighted by atomic mass is 32.1. The van der Waals surface area contributed by atoms with Crippen LogP contribution < -0.4 is 0 Å². The van der Waals surface area contributed by atoms with Gasteiger partial charge in [0.1, 0.15) is 13.6 Å². The van der Waals surface area contributed by atoms with Gasteiger partial charge >= 0.3 is 0 Å². The van der Waals surface area contributed by atoms with E-state index in [1.165, 1.54) is 7.05 Å². The fourth-order valence-corrected chi connectivity index (χ4v) is 2.12. The number of imidazole rings is 1. The first kappa shape index (κ1) is 9.92. The Kier molecular flexibility index (Phi) is 2.82. The average molecular weight is 221 g/mol. The Bertz CT molecular complexity index is 441. The summed E-state index contributed by atoms with van der Waals surface area (Å²) >= 11 is 1.57. The molecular weight excluding hydrogens is 210 g/mol. The van der Waals surface area contributed by atoms with Gasteiger partial charge in [-0.3, -0.25) is 0 Å². The standard InChI is InChI=1S/C10H11N3OS/c1-12(14)9(10-3-2-6-15-10)7-13-5-4-11-8-13/h2-6,8H,7H2,1H3. The number of thiophene rings is 1. The predicted molar refractivity (Wildman–Crippen MR) is 60.2 cm³/mol. The molecule has 0 aliphatic carbocycles. The maximum absolute atomic E-state index is 11.4. The maximum atomic E-state index is 11.4. The molecule has 0 saturated heterocycles. The maximum Gasteiger partial charge on any atom is 0.224 e. The summed E-state index contributed by atoms with van der Waals surface area (Å²) < 4.78 is 2.79. The van der Waals surface area contributed by atoms with Crippen molar-refractivity contribution in [3.05, 3.63) is 46.3 Å². The molecule has 0 unspecified atom stereocenters. The van der Waals surface area contributed by atoms with Crippen LogP contribution in [-0.2, 0) is 6.54 Å². The van der Waals surface area contributed by atoms with Crippen molar-refractivity contribution in [2.24, 2.45) is 0 Å². The fourth-order valence-electron chi connectivity index (χ4n) is 1.33. The molecular formula is C10H11N3OS. The second kappa shape index (κ2) is 4.27. The number of hydrogen-bond acceptors (Lipinski definition) is 3. The van der Waals surface area contributed by atoms with Crippen molar-refractivity contribution in [1.82, 2.24) is 9.55 Å². The minimum absolute atomic E-state index is 0.556. The Morgan fingerprint density at radius 1 is 1.67 bits per heavy atom. The zero-order chi connectivity index (χ0) is 10.7. The van der Waals surface area contributed by atoms with Crippen molar-refractivity contribution in [2.75, 3.05) is 7.05 Å². The van der Waals surface area contributed by atoms with Gasteiger partial charge in [0.15, 0.2) is 0 Å². The first-order valence-corrected chi connectivity index (χ1v) is 5.41. The largest absolute Gasteiger partial charge is 0.624 e. The summed E-state index contributed by atoms with van der Waals surface area (Å²) in [4.78, 5) is 4.95. The molecule has 0 fully saturated rings. The van der Waals surface area contributed by atoms with E-state index in [9.17, 15) is 5.21 Å². The molecule has 0 saturated carbocycles. The summed E-state index contributed by atoms with van der Waals surface area (Å²) in [5.41, 5.74) is 0.753. The number of hydrogen-bond donors (Lipinski definition) is 0. The molecule has 2 rings (SSSR count). The summed E-state index contributed by atoms with van der Waals surface area (Å²) in [6.45, 7) is 0.556. The van der Waals surface area contributed by atoms with Gasteiger partial charge in [0.2, 0.25) is 5.71 Å². The lowest BCUT2D eigenvalue weighted by atomic mass is 10.3. The molecule has 0 amide bonds. The Morgan fingerprint density at radius 2 is 2.53 bits per heavy atom. The lowest BCUT2D eigenvalue weighted by molar-refractivity contribution is -0.423. The molecule has 2 aromatic heterocycles. The van der Waals surface area contributed by atoms with E-state index in [0.29, 0.717) is 6.54 Å². The zero-order valence-electron chi connectivity index (χ0n) is 8.33. The molecule has 4 nitrogen and oxygen atoms in total. The van der Waals surface area contributed by atoms with E-state index in [2.05, 4.69) is 4.98 Å². The van der Waals surface area contributed by atoms with E-state index in [1.807, 2.05) is 28.3 Å². The van der Waals surface area contributed by atoms with Crippen molar-refractivity contribution < 1.29 is 4.74 Å². The molecule has 78 valence electrons. The Balaban J connectivity index is 2.27. The SMILES string of the molecule is C[N+]([O-])=C(Cn1ccnc1)c1cccs1. The van der Waals surface area contributed by atoms with Crippen LogP contribution in [0, 0.1) is 5.21 Å². The van der Waals surface area contributed by atoms with Gasteiger partial charge in [-0.25, -0.2) is 9.72 Å². The Hall–Kier alpha value is -1.62. The normalized spacial score (nSPS) is 12.6. The number of hydroxylamine groups is 1. The average Bonchev–Trinajstić information content (AvgIpc) is 2.87. The molecule has 0 atom stereocenters. The first-order chi connectivity index (χ1) is 7.27. The lowest BCUT2D eigenvalue weighted by Crippen LogP contribution is -2.18. The van der Waals surface area contributed by atoms with Gasteiger partial charge in [0.25, 0.3) is 0 Å². The molecule has 0 radical (unpaired) electrons. The van der Waals surface area contributed by atoms with Gasteiger partial charge in [-0.2, -0.15) is 0 Å². The van der Waals surface area contributed by atoms with Gasteiger partial charge in [-0.05, 0) is 11.4 Å². The number of nitrogens with zero attached hydrogens (tertiary/aromatic N) is 3. The van der Waals surface area contributed by atoms with Crippen molar-refractivity contribution >= 4 is 17.0 Å². The minimum Gasteiger partial charge on any atom is -0.624 e. The van der Waals surface area contributed by atoms with Crippen LogP contribution in [0.5, 0.6) is 0 Å². The van der Waals surface area contributed by atoms with Crippen molar-refractivity contribution in [3.63, 3.8) is 0 Å². The van der Waals surface area contributed by atoms with Gasteiger partial charge in [-0.1, -0.05) is 6.07 Å².